The number of thiophene rings is 1. The van der Waals surface area contributed by atoms with E-state index in [1.54, 1.807) is 6.07 Å². The van der Waals surface area contributed by atoms with Gasteiger partial charge in [-0.15, -0.1) is 11.3 Å². The second kappa shape index (κ2) is 5.88. The van der Waals surface area contributed by atoms with Crippen molar-refractivity contribution in [2.75, 3.05) is 6.61 Å². The lowest BCUT2D eigenvalue weighted by Gasteiger charge is -2.11. The third-order valence-corrected chi connectivity index (χ3v) is 3.68. The highest BCUT2D eigenvalue weighted by Gasteiger charge is 2.14. The van der Waals surface area contributed by atoms with Crippen LogP contribution in [-0.4, -0.2) is 22.8 Å². The molecule has 0 bridgehead atoms. The van der Waals surface area contributed by atoms with Crippen LogP contribution in [0, 0.1) is 0 Å². The summed E-state index contributed by atoms with van der Waals surface area (Å²) >= 11 is 1.34. The van der Waals surface area contributed by atoms with Gasteiger partial charge < -0.3 is 10.2 Å². The van der Waals surface area contributed by atoms with Crippen molar-refractivity contribution in [2.24, 2.45) is 0 Å². The molecule has 0 radical (unpaired) electrons. The molecule has 1 aromatic rings. The molecule has 0 fully saturated rings. The first-order chi connectivity index (χ1) is 7.19. The summed E-state index contributed by atoms with van der Waals surface area (Å²) in [5.41, 5.74) is 0. The lowest BCUT2D eigenvalue weighted by molar-refractivity contribution is 0.0702. The number of carbonyl (C=O) groups is 1. The molecule has 0 aliphatic carbocycles. The summed E-state index contributed by atoms with van der Waals surface area (Å²) < 4.78 is 0. The molecular formula is C11H16O3S. The lowest BCUT2D eigenvalue weighted by atomic mass is 9.99. The molecule has 1 heterocycles. The monoisotopic (exact) mass is 228 g/mol. The quantitative estimate of drug-likeness (QED) is 0.787. The van der Waals surface area contributed by atoms with Gasteiger partial charge in [0.25, 0.3) is 0 Å². The van der Waals surface area contributed by atoms with Gasteiger partial charge in [-0.1, -0.05) is 6.92 Å². The summed E-state index contributed by atoms with van der Waals surface area (Å²) in [5.74, 6) is -0.474. The Bertz CT molecular complexity index is 319. The highest BCUT2D eigenvalue weighted by atomic mass is 32.1. The second-order valence-electron chi connectivity index (χ2n) is 3.48. The van der Waals surface area contributed by atoms with Gasteiger partial charge in [0.1, 0.15) is 4.88 Å². The molecule has 3 nitrogen and oxygen atoms in total. The standard InChI is InChI=1S/C11H16O3S/c1-2-8(4-3-7-12)9-5-6-10(15-9)11(13)14/h5-6,8,12H,2-4,7H2,1H3,(H,13,14). The van der Waals surface area contributed by atoms with Gasteiger partial charge in [0.05, 0.1) is 0 Å². The van der Waals surface area contributed by atoms with Crippen LogP contribution < -0.4 is 0 Å². The number of carboxylic acid groups (broad SMARTS) is 1. The number of rotatable bonds is 6. The number of hydrogen-bond donors (Lipinski definition) is 2. The van der Waals surface area contributed by atoms with Crippen molar-refractivity contribution in [2.45, 2.75) is 32.1 Å². The van der Waals surface area contributed by atoms with Crippen LogP contribution in [0.2, 0.25) is 0 Å². The van der Waals surface area contributed by atoms with Crippen LogP contribution in [0.4, 0.5) is 0 Å². The van der Waals surface area contributed by atoms with Crippen LogP contribution in [0.15, 0.2) is 12.1 Å². The van der Waals surface area contributed by atoms with Crippen LogP contribution in [0.5, 0.6) is 0 Å². The first-order valence-electron chi connectivity index (χ1n) is 5.13. The molecular weight excluding hydrogens is 212 g/mol. The highest BCUT2D eigenvalue weighted by molar-refractivity contribution is 7.14. The molecule has 0 saturated carbocycles. The molecule has 0 aliphatic heterocycles. The van der Waals surface area contributed by atoms with E-state index in [0.29, 0.717) is 10.8 Å². The topological polar surface area (TPSA) is 57.5 Å². The largest absolute Gasteiger partial charge is 0.477 e. The predicted molar refractivity (Wildman–Crippen MR) is 60.6 cm³/mol. The van der Waals surface area contributed by atoms with E-state index in [9.17, 15) is 4.79 Å². The Morgan fingerprint density at radius 3 is 2.73 bits per heavy atom. The molecule has 0 amide bonds. The summed E-state index contributed by atoms with van der Waals surface area (Å²) in [7, 11) is 0. The Morgan fingerprint density at radius 2 is 2.27 bits per heavy atom. The van der Waals surface area contributed by atoms with Crippen molar-refractivity contribution in [1.29, 1.82) is 0 Å². The van der Waals surface area contributed by atoms with Gasteiger partial charge in [-0.05, 0) is 37.3 Å². The Balaban J connectivity index is 2.69. The molecule has 0 saturated heterocycles. The van der Waals surface area contributed by atoms with E-state index >= 15 is 0 Å². The van der Waals surface area contributed by atoms with Crippen molar-refractivity contribution in [3.05, 3.63) is 21.9 Å². The van der Waals surface area contributed by atoms with E-state index in [2.05, 4.69) is 6.92 Å². The maximum Gasteiger partial charge on any atom is 0.345 e. The Morgan fingerprint density at radius 1 is 1.53 bits per heavy atom. The van der Waals surface area contributed by atoms with Crippen LogP contribution in [-0.2, 0) is 0 Å². The zero-order chi connectivity index (χ0) is 11.3. The molecule has 1 unspecified atom stereocenters. The van der Waals surface area contributed by atoms with Crippen LogP contribution >= 0.6 is 11.3 Å². The van der Waals surface area contributed by atoms with Gasteiger partial charge in [-0.25, -0.2) is 4.79 Å². The normalized spacial score (nSPS) is 12.7. The van der Waals surface area contributed by atoms with E-state index in [-0.39, 0.29) is 6.61 Å². The van der Waals surface area contributed by atoms with Gasteiger partial charge in [-0.3, -0.25) is 0 Å². The third-order valence-electron chi connectivity index (χ3n) is 2.44. The molecule has 84 valence electrons. The minimum absolute atomic E-state index is 0.202. The molecule has 0 aromatic carbocycles. The molecule has 1 atom stereocenters. The maximum atomic E-state index is 10.7. The van der Waals surface area contributed by atoms with Crippen molar-refractivity contribution in [3.8, 4) is 0 Å². The Hall–Kier alpha value is -0.870. The number of aromatic carboxylic acids is 1. The summed E-state index contributed by atoms with van der Waals surface area (Å²) in [6.07, 6.45) is 2.69. The van der Waals surface area contributed by atoms with E-state index in [0.717, 1.165) is 24.1 Å². The molecule has 15 heavy (non-hydrogen) atoms. The second-order valence-corrected chi connectivity index (χ2v) is 4.59. The fourth-order valence-electron chi connectivity index (χ4n) is 1.57. The maximum absolute atomic E-state index is 10.7. The fraction of sp³-hybridized carbons (Fsp3) is 0.545. The van der Waals surface area contributed by atoms with Gasteiger partial charge in [0.15, 0.2) is 0 Å². The molecule has 4 heteroatoms. The average Bonchev–Trinajstić information content (AvgIpc) is 2.68. The van der Waals surface area contributed by atoms with Crippen molar-refractivity contribution >= 4 is 17.3 Å². The molecule has 2 N–H and O–H groups in total. The van der Waals surface area contributed by atoms with Gasteiger partial charge in [0, 0.05) is 11.5 Å². The smallest absolute Gasteiger partial charge is 0.345 e. The first kappa shape index (κ1) is 12.2. The average molecular weight is 228 g/mol. The van der Waals surface area contributed by atoms with Crippen molar-refractivity contribution in [1.82, 2.24) is 0 Å². The summed E-state index contributed by atoms with van der Waals surface area (Å²) in [5, 5.41) is 17.6. The first-order valence-corrected chi connectivity index (χ1v) is 5.94. The number of carboxylic acids is 1. The van der Waals surface area contributed by atoms with E-state index < -0.39 is 5.97 Å². The fourth-order valence-corrected chi connectivity index (χ4v) is 2.64. The van der Waals surface area contributed by atoms with E-state index in [4.69, 9.17) is 10.2 Å². The van der Waals surface area contributed by atoms with Crippen LogP contribution in [0.1, 0.15) is 46.7 Å². The molecule has 0 aliphatic rings. The Kier molecular flexibility index (Phi) is 4.78. The number of aliphatic hydroxyl groups excluding tert-OH is 1. The summed E-state index contributed by atoms with van der Waals surface area (Å²) in [4.78, 5) is 12.2. The van der Waals surface area contributed by atoms with Gasteiger partial charge >= 0.3 is 5.97 Å². The minimum Gasteiger partial charge on any atom is -0.477 e. The third kappa shape index (κ3) is 3.32. The van der Waals surface area contributed by atoms with E-state index in [1.807, 2.05) is 6.07 Å². The van der Waals surface area contributed by atoms with E-state index in [1.165, 1.54) is 11.3 Å². The van der Waals surface area contributed by atoms with Crippen molar-refractivity contribution in [3.63, 3.8) is 0 Å². The van der Waals surface area contributed by atoms with Gasteiger partial charge in [0.2, 0.25) is 0 Å². The zero-order valence-electron chi connectivity index (χ0n) is 8.77. The SMILES string of the molecule is CCC(CCCO)c1ccc(C(=O)O)s1. The summed E-state index contributed by atoms with van der Waals surface area (Å²) in [6, 6.07) is 3.55. The number of hydrogen-bond acceptors (Lipinski definition) is 3. The number of aliphatic hydroxyl groups is 1. The highest BCUT2D eigenvalue weighted by Crippen LogP contribution is 2.30. The molecule has 0 spiro atoms. The Labute approximate surface area is 93.4 Å². The summed E-state index contributed by atoms with van der Waals surface area (Å²) in [6.45, 7) is 2.29. The predicted octanol–water partition coefficient (Wildman–Crippen LogP) is 2.71. The molecule has 1 rings (SSSR count). The van der Waals surface area contributed by atoms with Crippen LogP contribution in [0.3, 0.4) is 0 Å². The van der Waals surface area contributed by atoms with Crippen LogP contribution in [0.25, 0.3) is 0 Å². The molecule has 1 aromatic heterocycles. The van der Waals surface area contributed by atoms with Crippen molar-refractivity contribution < 1.29 is 15.0 Å². The lowest BCUT2D eigenvalue weighted by Crippen LogP contribution is -1.96. The zero-order valence-corrected chi connectivity index (χ0v) is 9.59. The van der Waals surface area contributed by atoms with Gasteiger partial charge in [-0.2, -0.15) is 0 Å². The minimum atomic E-state index is -0.858.